The SMILES string of the molecule is COCCNCC(=O)Nc1ccc(OC)c(OC)c1. The van der Waals surface area contributed by atoms with Crippen LogP contribution in [0.5, 0.6) is 11.5 Å². The summed E-state index contributed by atoms with van der Waals surface area (Å²) in [6.07, 6.45) is 0. The topological polar surface area (TPSA) is 68.8 Å². The molecule has 106 valence electrons. The highest BCUT2D eigenvalue weighted by Gasteiger charge is 2.06. The molecule has 0 fully saturated rings. The Hall–Kier alpha value is -1.79. The van der Waals surface area contributed by atoms with Gasteiger partial charge in [0.1, 0.15) is 0 Å². The zero-order valence-electron chi connectivity index (χ0n) is 11.5. The van der Waals surface area contributed by atoms with Crippen molar-refractivity contribution in [3.63, 3.8) is 0 Å². The van der Waals surface area contributed by atoms with Crippen LogP contribution in [0.3, 0.4) is 0 Å². The van der Waals surface area contributed by atoms with Crippen molar-refractivity contribution in [3.8, 4) is 11.5 Å². The molecule has 1 aromatic rings. The third kappa shape index (κ3) is 5.15. The lowest BCUT2D eigenvalue weighted by Gasteiger charge is -2.10. The monoisotopic (exact) mass is 268 g/mol. The summed E-state index contributed by atoms with van der Waals surface area (Å²) < 4.78 is 15.2. The van der Waals surface area contributed by atoms with Crippen LogP contribution >= 0.6 is 0 Å². The lowest BCUT2D eigenvalue weighted by Crippen LogP contribution is -2.30. The Balaban J connectivity index is 2.50. The summed E-state index contributed by atoms with van der Waals surface area (Å²) in [6.45, 7) is 1.44. The molecule has 0 aliphatic rings. The number of carbonyl (C=O) groups excluding carboxylic acids is 1. The number of amides is 1. The minimum atomic E-state index is -0.122. The van der Waals surface area contributed by atoms with Crippen LogP contribution in [0.25, 0.3) is 0 Å². The van der Waals surface area contributed by atoms with Crippen molar-refractivity contribution in [1.82, 2.24) is 5.32 Å². The number of ether oxygens (including phenoxy) is 3. The Morgan fingerprint density at radius 2 is 1.89 bits per heavy atom. The molecule has 6 nitrogen and oxygen atoms in total. The van der Waals surface area contributed by atoms with Gasteiger partial charge < -0.3 is 24.8 Å². The molecule has 0 atom stereocenters. The molecule has 0 saturated carbocycles. The number of nitrogens with one attached hydrogen (secondary N) is 2. The van der Waals surface area contributed by atoms with Crippen LogP contribution < -0.4 is 20.1 Å². The fourth-order valence-electron chi connectivity index (χ4n) is 1.50. The summed E-state index contributed by atoms with van der Waals surface area (Å²) >= 11 is 0. The third-order valence-corrected chi connectivity index (χ3v) is 2.44. The normalized spacial score (nSPS) is 10.1. The molecule has 1 rings (SSSR count). The van der Waals surface area contributed by atoms with Crippen molar-refractivity contribution in [3.05, 3.63) is 18.2 Å². The van der Waals surface area contributed by atoms with Gasteiger partial charge in [0.25, 0.3) is 0 Å². The average molecular weight is 268 g/mol. The van der Waals surface area contributed by atoms with Gasteiger partial charge in [-0.15, -0.1) is 0 Å². The van der Waals surface area contributed by atoms with E-state index in [1.807, 2.05) is 0 Å². The summed E-state index contributed by atoms with van der Waals surface area (Å²) in [5.41, 5.74) is 0.663. The molecule has 0 saturated heterocycles. The van der Waals surface area contributed by atoms with Gasteiger partial charge >= 0.3 is 0 Å². The van der Waals surface area contributed by atoms with E-state index < -0.39 is 0 Å². The molecule has 2 N–H and O–H groups in total. The van der Waals surface area contributed by atoms with Crippen molar-refractivity contribution in [2.75, 3.05) is 46.3 Å². The van der Waals surface area contributed by atoms with Crippen molar-refractivity contribution in [1.29, 1.82) is 0 Å². The van der Waals surface area contributed by atoms with Crippen molar-refractivity contribution >= 4 is 11.6 Å². The first-order valence-electron chi connectivity index (χ1n) is 5.92. The van der Waals surface area contributed by atoms with Gasteiger partial charge in [0.15, 0.2) is 11.5 Å². The molecular formula is C13H20N2O4. The molecular weight excluding hydrogens is 248 g/mol. The van der Waals surface area contributed by atoms with Gasteiger partial charge in [0, 0.05) is 25.4 Å². The Bertz CT molecular complexity index is 410. The zero-order chi connectivity index (χ0) is 14.1. The van der Waals surface area contributed by atoms with Gasteiger partial charge in [0.2, 0.25) is 5.91 Å². The lowest BCUT2D eigenvalue weighted by molar-refractivity contribution is -0.115. The standard InChI is InChI=1S/C13H20N2O4/c1-17-7-6-14-9-13(16)15-10-4-5-11(18-2)12(8-10)19-3/h4-5,8,14H,6-7,9H2,1-3H3,(H,15,16). The van der Waals surface area contributed by atoms with Crippen LogP contribution in [0.4, 0.5) is 5.69 Å². The molecule has 19 heavy (non-hydrogen) atoms. The number of hydrogen-bond donors (Lipinski definition) is 2. The molecule has 0 aliphatic heterocycles. The maximum Gasteiger partial charge on any atom is 0.238 e. The Labute approximate surface area is 113 Å². The van der Waals surface area contributed by atoms with Crippen LogP contribution in [-0.2, 0) is 9.53 Å². The van der Waals surface area contributed by atoms with Crippen molar-refractivity contribution in [2.24, 2.45) is 0 Å². The number of anilines is 1. The fourth-order valence-corrected chi connectivity index (χ4v) is 1.50. The molecule has 1 aromatic carbocycles. The third-order valence-electron chi connectivity index (χ3n) is 2.44. The van der Waals surface area contributed by atoms with Gasteiger partial charge in [0.05, 0.1) is 27.4 Å². The van der Waals surface area contributed by atoms with E-state index in [2.05, 4.69) is 10.6 Å². The number of hydrogen-bond acceptors (Lipinski definition) is 5. The number of methoxy groups -OCH3 is 3. The largest absolute Gasteiger partial charge is 0.493 e. The second-order valence-corrected chi connectivity index (χ2v) is 3.79. The van der Waals surface area contributed by atoms with E-state index in [-0.39, 0.29) is 12.5 Å². The lowest BCUT2D eigenvalue weighted by atomic mass is 10.2. The van der Waals surface area contributed by atoms with Crippen LogP contribution in [0.1, 0.15) is 0 Å². The molecule has 0 bridgehead atoms. The number of benzene rings is 1. The Kier molecular flexibility index (Phi) is 6.70. The molecule has 0 aliphatic carbocycles. The Morgan fingerprint density at radius 3 is 2.53 bits per heavy atom. The van der Waals surface area contributed by atoms with Crippen LogP contribution in [0.2, 0.25) is 0 Å². The summed E-state index contributed by atoms with van der Waals surface area (Å²) in [6, 6.07) is 5.22. The summed E-state index contributed by atoms with van der Waals surface area (Å²) in [5.74, 6) is 1.08. The molecule has 0 aromatic heterocycles. The van der Waals surface area contributed by atoms with Crippen molar-refractivity contribution < 1.29 is 19.0 Å². The van der Waals surface area contributed by atoms with Gasteiger partial charge in [-0.05, 0) is 12.1 Å². The minimum absolute atomic E-state index is 0.122. The summed E-state index contributed by atoms with van der Waals surface area (Å²) in [4.78, 5) is 11.6. The predicted molar refractivity (Wildman–Crippen MR) is 72.9 cm³/mol. The highest BCUT2D eigenvalue weighted by atomic mass is 16.5. The zero-order valence-corrected chi connectivity index (χ0v) is 11.5. The van der Waals surface area contributed by atoms with Gasteiger partial charge in [-0.3, -0.25) is 4.79 Å². The van der Waals surface area contributed by atoms with Crippen LogP contribution in [0, 0.1) is 0 Å². The van der Waals surface area contributed by atoms with Crippen LogP contribution in [-0.4, -0.2) is 46.9 Å². The van der Waals surface area contributed by atoms with E-state index in [0.29, 0.717) is 30.3 Å². The van der Waals surface area contributed by atoms with Gasteiger partial charge in [-0.25, -0.2) is 0 Å². The molecule has 0 radical (unpaired) electrons. The molecule has 0 heterocycles. The van der Waals surface area contributed by atoms with Gasteiger partial charge in [-0.1, -0.05) is 0 Å². The van der Waals surface area contributed by atoms with E-state index >= 15 is 0 Å². The minimum Gasteiger partial charge on any atom is -0.493 e. The first-order valence-corrected chi connectivity index (χ1v) is 5.92. The first-order chi connectivity index (χ1) is 9.21. The van der Waals surface area contributed by atoms with E-state index in [9.17, 15) is 4.79 Å². The van der Waals surface area contributed by atoms with E-state index in [1.165, 1.54) is 0 Å². The van der Waals surface area contributed by atoms with Gasteiger partial charge in [-0.2, -0.15) is 0 Å². The number of rotatable bonds is 8. The second-order valence-electron chi connectivity index (χ2n) is 3.79. The second kappa shape index (κ2) is 8.34. The summed E-state index contributed by atoms with van der Waals surface area (Å²) in [7, 11) is 4.73. The fraction of sp³-hybridized carbons (Fsp3) is 0.462. The molecule has 0 unspecified atom stereocenters. The van der Waals surface area contributed by atoms with E-state index in [0.717, 1.165) is 0 Å². The first kappa shape index (κ1) is 15.3. The summed E-state index contributed by atoms with van der Waals surface area (Å²) in [5, 5.41) is 5.73. The van der Waals surface area contributed by atoms with E-state index in [1.54, 1.807) is 39.5 Å². The number of carbonyl (C=O) groups is 1. The quantitative estimate of drug-likeness (QED) is 0.685. The Morgan fingerprint density at radius 1 is 1.16 bits per heavy atom. The molecule has 1 amide bonds. The smallest absolute Gasteiger partial charge is 0.238 e. The molecule has 6 heteroatoms. The predicted octanol–water partition coefficient (Wildman–Crippen LogP) is 0.878. The van der Waals surface area contributed by atoms with Crippen molar-refractivity contribution in [2.45, 2.75) is 0 Å². The maximum absolute atomic E-state index is 11.6. The highest BCUT2D eigenvalue weighted by molar-refractivity contribution is 5.92. The van der Waals surface area contributed by atoms with Crippen LogP contribution in [0.15, 0.2) is 18.2 Å². The average Bonchev–Trinajstić information content (AvgIpc) is 2.43. The maximum atomic E-state index is 11.6. The molecule has 0 spiro atoms. The van der Waals surface area contributed by atoms with E-state index in [4.69, 9.17) is 14.2 Å². The highest BCUT2D eigenvalue weighted by Crippen LogP contribution is 2.29.